The highest BCUT2D eigenvalue weighted by Crippen LogP contribution is 2.29. The highest BCUT2D eigenvalue weighted by molar-refractivity contribution is 9.10. The quantitative estimate of drug-likeness (QED) is 0.698. The number of aromatic nitrogens is 1. The lowest BCUT2D eigenvalue weighted by Gasteiger charge is -2.21. The molecule has 0 unspecified atom stereocenters. The number of nitrogens with zero attached hydrogens (tertiary/aromatic N) is 2. The second kappa shape index (κ2) is 8.45. The van der Waals surface area contributed by atoms with Gasteiger partial charge in [0.2, 0.25) is 0 Å². The van der Waals surface area contributed by atoms with Crippen LogP contribution in [0.4, 0.5) is 17.2 Å². The maximum Gasteiger partial charge on any atom is 0.256 e. The second-order valence-corrected chi connectivity index (χ2v) is 5.96. The standard InChI is InChI=1S/C19H20BrN3O/c1-4-6-7-14-13-22-18(12-17(14)21-3)23(19(24)5-2)16-10-8-15(20)9-11-16/h5-13H,2,4H2,1,3H3,(H,21,22)/b7-6+. The third kappa shape index (κ3) is 4.11. The number of amides is 1. The SMILES string of the molecule is C=CC(=O)N(c1ccc(Br)cc1)c1cc(NC)c(/C=C/CC)cn1. The van der Waals surface area contributed by atoms with Gasteiger partial charge in [-0.05, 0) is 36.8 Å². The van der Waals surface area contributed by atoms with E-state index < -0.39 is 0 Å². The molecular weight excluding hydrogens is 366 g/mol. The number of carbonyl (C=O) groups is 1. The number of carbonyl (C=O) groups excluding carboxylic acids is 1. The number of anilines is 3. The molecule has 1 aromatic carbocycles. The first-order chi connectivity index (χ1) is 11.6. The Bertz CT molecular complexity index is 754. The van der Waals surface area contributed by atoms with Crippen LogP contribution in [0.25, 0.3) is 6.08 Å². The molecule has 0 aliphatic carbocycles. The van der Waals surface area contributed by atoms with Gasteiger partial charge < -0.3 is 5.32 Å². The molecule has 0 fully saturated rings. The molecule has 1 amide bonds. The van der Waals surface area contributed by atoms with Crippen LogP contribution in [0, 0.1) is 0 Å². The summed E-state index contributed by atoms with van der Waals surface area (Å²) in [4.78, 5) is 18.4. The van der Waals surface area contributed by atoms with E-state index in [0.717, 1.165) is 27.8 Å². The number of allylic oxidation sites excluding steroid dienone is 1. The van der Waals surface area contributed by atoms with Gasteiger partial charge in [-0.2, -0.15) is 0 Å². The van der Waals surface area contributed by atoms with Crippen molar-refractivity contribution in [3.05, 3.63) is 65.3 Å². The molecular formula is C19H20BrN3O. The summed E-state index contributed by atoms with van der Waals surface area (Å²) in [6, 6.07) is 9.35. The van der Waals surface area contributed by atoms with Crippen LogP contribution in [0.5, 0.6) is 0 Å². The van der Waals surface area contributed by atoms with E-state index in [9.17, 15) is 4.79 Å². The predicted molar refractivity (Wildman–Crippen MR) is 105 cm³/mol. The molecule has 0 aliphatic rings. The molecule has 124 valence electrons. The second-order valence-electron chi connectivity index (χ2n) is 5.04. The van der Waals surface area contributed by atoms with Crippen molar-refractivity contribution in [2.75, 3.05) is 17.3 Å². The Balaban J connectivity index is 2.50. The maximum absolute atomic E-state index is 12.4. The fourth-order valence-electron chi connectivity index (χ4n) is 2.23. The van der Waals surface area contributed by atoms with Crippen molar-refractivity contribution in [2.45, 2.75) is 13.3 Å². The van der Waals surface area contributed by atoms with Gasteiger partial charge in [0.25, 0.3) is 5.91 Å². The molecule has 0 spiro atoms. The van der Waals surface area contributed by atoms with Gasteiger partial charge in [0.1, 0.15) is 5.82 Å². The van der Waals surface area contributed by atoms with Gasteiger partial charge in [-0.25, -0.2) is 4.98 Å². The Morgan fingerprint density at radius 3 is 2.67 bits per heavy atom. The highest BCUT2D eigenvalue weighted by Gasteiger charge is 2.17. The van der Waals surface area contributed by atoms with Crippen LogP contribution in [0.3, 0.4) is 0 Å². The van der Waals surface area contributed by atoms with Crippen molar-refractivity contribution < 1.29 is 4.79 Å². The van der Waals surface area contributed by atoms with Crippen molar-refractivity contribution in [2.24, 2.45) is 0 Å². The molecule has 0 saturated heterocycles. The Morgan fingerprint density at radius 1 is 1.38 bits per heavy atom. The number of pyridine rings is 1. The molecule has 0 saturated carbocycles. The molecule has 0 bridgehead atoms. The van der Waals surface area contributed by atoms with Crippen molar-refractivity contribution in [1.29, 1.82) is 0 Å². The summed E-state index contributed by atoms with van der Waals surface area (Å²) in [7, 11) is 1.85. The van der Waals surface area contributed by atoms with Gasteiger partial charge in [0.15, 0.2) is 0 Å². The molecule has 2 aromatic rings. The Morgan fingerprint density at radius 2 is 2.08 bits per heavy atom. The molecule has 0 aliphatic heterocycles. The lowest BCUT2D eigenvalue weighted by molar-refractivity contribution is -0.113. The fourth-order valence-corrected chi connectivity index (χ4v) is 2.49. The third-order valence-corrected chi connectivity index (χ3v) is 3.96. The van der Waals surface area contributed by atoms with E-state index in [2.05, 4.69) is 45.8 Å². The van der Waals surface area contributed by atoms with Crippen LogP contribution in [0.2, 0.25) is 0 Å². The lowest BCUT2D eigenvalue weighted by atomic mass is 10.2. The summed E-state index contributed by atoms with van der Waals surface area (Å²) >= 11 is 3.40. The monoisotopic (exact) mass is 385 g/mol. The molecule has 4 nitrogen and oxygen atoms in total. The van der Waals surface area contributed by atoms with Crippen LogP contribution in [0.1, 0.15) is 18.9 Å². The summed E-state index contributed by atoms with van der Waals surface area (Å²) in [6.07, 6.45) is 8.08. The van der Waals surface area contributed by atoms with E-state index in [1.54, 1.807) is 6.20 Å². The zero-order valence-corrected chi connectivity index (χ0v) is 15.4. The van der Waals surface area contributed by atoms with Crippen LogP contribution in [0.15, 0.2) is 59.7 Å². The highest BCUT2D eigenvalue weighted by atomic mass is 79.9. The maximum atomic E-state index is 12.4. The van der Waals surface area contributed by atoms with Gasteiger partial charge in [0, 0.05) is 35.0 Å². The van der Waals surface area contributed by atoms with E-state index in [1.165, 1.54) is 11.0 Å². The summed E-state index contributed by atoms with van der Waals surface area (Å²) < 4.78 is 0.946. The Kier molecular flexibility index (Phi) is 6.32. The van der Waals surface area contributed by atoms with Crippen LogP contribution in [-0.2, 0) is 4.79 Å². The van der Waals surface area contributed by atoms with Crippen molar-refractivity contribution in [3.8, 4) is 0 Å². The number of hydrogen-bond donors (Lipinski definition) is 1. The molecule has 5 heteroatoms. The van der Waals surface area contributed by atoms with Crippen molar-refractivity contribution in [3.63, 3.8) is 0 Å². The van der Waals surface area contributed by atoms with Crippen LogP contribution in [-0.4, -0.2) is 17.9 Å². The first-order valence-corrected chi connectivity index (χ1v) is 8.46. The molecule has 1 heterocycles. The molecule has 0 atom stereocenters. The zero-order chi connectivity index (χ0) is 17.5. The normalized spacial score (nSPS) is 10.6. The van der Waals surface area contributed by atoms with Gasteiger partial charge in [-0.1, -0.05) is 41.6 Å². The van der Waals surface area contributed by atoms with Gasteiger partial charge >= 0.3 is 0 Å². The average molecular weight is 386 g/mol. The van der Waals surface area contributed by atoms with Crippen molar-refractivity contribution in [1.82, 2.24) is 4.98 Å². The minimum atomic E-state index is -0.233. The Hall–Kier alpha value is -2.40. The van der Waals surface area contributed by atoms with E-state index in [0.29, 0.717) is 5.82 Å². The Labute approximate surface area is 151 Å². The third-order valence-electron chi connectivity index (χ3n) is 3.43. The van der Waals surface area contributed by atoms with Gasteiger partial charge in [-0.3, -0.25) is 9.69 Å². The number of rotatable bonds is 6. The average Bonchev–Trinajstić information content (AvgIpc) is 2.61. The summed E-state index contributed by atoms with van der Waals surface area (Å²) in [5.41, 5.74) is 2.61. The number of halogens is 1. The van der Waals surface area contributed by atoms with Gasteiger partial charge in [0.05, 0.1) is 5.69 Å². The largest absolute Gasteiger partial charge is 0.387 e. The van der Waals surface area contributed by atoms with Crippen LogP contribution < -0.4 is 10.2 Å². The summed E-state index contributed by atoms with van der Waals surface area (Å²) in [6.45, 7) is 5.67. The molecule has 1 aromatic heterocycles. The molecule has 0 radical (unpaired) electrons. The number of benzene rings is 1. The predicted octanol–water partition coefficient (Wildman–Crippen LogP) is 5.16. The smallest absolute Gasteiger partial charge is 0.256 e. The minimum absolute atomic E-state index is 0.233. The lowest BCUT2D eigenvalue weighted by Crippen LogP contribution is -2.24. The van der Waals surface area contributed by atoms with E-state index >= 15 is 0 Å². The van der Waals surface area contributed by atoms with Gasteiger partial charge in [-0.15, -0.1) is 0 Å². The fraction of sp³-hybridized carbons (Fsp3) is 0.158. The summed E-state index contributed by atoms with van der Waals surface area (Å²) in [5, 5.41) is 3.15. The topological polar surface area (TPSA) is 45.2 Å². The number of hydrogen-bond acceptors (Lipinski definition) is 3. The van der Waals surface area contributed by atoms with Crippen LogP contribution >= 0.6 is 15.9 Å². The summed E-state index contributed by atoms with van der Waals surface area (Å²) in [5.74, 6) is 0.309. The minimum Gasteiger partial charge on any atom is -0.387 e. The molecule has 2 rings (SSSR count). The number of nitrogens with one attached hydrogen (secondary N) is 1. The van der Waals surface area contributed by atoms with Crippen molar-refractivity contribution >= 4 is 45.1 Å². The molecule has 24 heavy (non-hydrogen) atoms. The van der Waals surface area contributed by atoms with E-state index in [-0.39, 0.29) is 5.91 Å². The first kappa shape index (κ1) is 17.9. The first-order valence-electron chi connectivity index (χ1n) is 7.67. The molecule has 1 N–H and O–H groups in total. The van der Waals surface area contributed by atoms with E-state index in [1.807, 2.05) is 43.5 Å². The zero-order valence-electron chi connectivity index (χ0n) is 13.8. The van der Waals surface area contributed by atoms with E-state index in [4.69, 9.17) is 0 Å².